The maximum Gasteiger partial charge on any atom is 0.251 e. The lowest BCUT2D eigenvalue weighted by Gasteiger charge is -2.37. The van der Waals surface area contributed by atoms with Gasteiger partial charge in [0.15, 0.2) is 0 Å². The molecule has 4 aliphatic carbocycles. The number of halogens is 8. The molecule has 8 heteroatoms. The molecule has 0 aliphatic heterocycles. The zero-order valence-corrected chi connectivity index (χ0v) is 24.7. The standard InChI is InChI=1S/C9H16F2.C8H14F2.C7H12F2.C6H10F2/c1-7(2)8-3-5-9(10,11)6-4-8;1-6(2)7-3-4-8(9,10)5-7;1-5(2)6-3-7(8,9)4-6;1-4(2)5-3-6(5,7)8/h7-8H,3-6H2,1-2H3;6-7H,3-5H2,1-2H3;5-6H,3-4H2,1-2H3;4-5H,3H2,1-2H3. The summed E-state index contributed by atoms with van der Waals surface area (Å²) in [5, 5.41) is 0. The zero-order valence-electron chi connectivity index (χ0n) is 24.7. The molecule has 0 aromatic heterocycles. The van der Waals surface area contributed by atoms with E-state index in [0.29, 0.717) is 42.9 Å². The largest absolute Gasteiger partial charge is 0.251 e. The molecule has 0 heterocycles. The van der Waals surface area contributed by atoms with Gasteiger partial charge in [-0.15, -0.1) is 0 Å². The minimum Gasteiger partial charge on any atom is -0.207 e. The maximum atomic E-state index is 12.6. The Labute approximate surface area is 226 Å². The van der Waals surface area contributed by atoms with Crippen molar-refractivity contribution in [3.05, 3.63) is 0 Å². The van der Waals surface area contributed by atoms with E-state index in [9.17, 15) is 35.1 Å². The summed E-state index contributed by atoms with van der Waals surface area (Å²) in [4.78, 5) is 0. The smallest absolute Gasteiger partial charge is 0.207 e. The molecule has 228 valence electrons. The van der Waals surface area contributed by atoms with Crippen molar-refractivity contribution in [1.82, 2.24) is 0 Å². The molecular formula is C30H52F8. The molecule has 0 spiro atoms. The normalized spacial score (nSPS) is 29.1. The third kappa shape index (κ3) is 12.7. The Kier molecular flexibility index (Phi) is 12.9. The third-order valence-electron chi connectivity index (χ3n) is 8.83. The van der Waals surface area contributed by atoms with Crippen LogP contribution in [0, 0.1) is 47.3 Å². The van der Waals surface area contributed by atoms with E-state index in [1.165, 1.54) is 0 Å². The molecule has 0 aromatic carbocycles. The van der Waals surface area contributed by atoms with Crippen LogP contribution < -0.4 is 0 Å². The minimum absolute atomic E-state index is 0.107. The molecule has 4 saturated carbocycles. The van der Waals surface area contributed by atoms with Crippen molar-refractivity contribution in [3.63, 3.8) is 0 Å². The van der Waals surface area contributed by atoms with Gasteiger partial charge in [-0.25, -0.2) is 35.1 Å². The van der Waals surface area contributed by atoms with Crippen molar-refractivity contribution in [2.45, 2.75) is 143 Å². The van der Waals surface area contributed by atoms with Gasteiger partial charge in [0.05, 0.1) is 0 Å². The number of hydrogen-bond acceptors (Lipinski definition) is 0. The Morgan fingerprint density at radius 2 is 0.763 bits per heavy atom. The molecule has 4 fully saturated rings. The molecule has 0 N–H and O–H groups in total. The summed E-state index contributed by atoms with van der Waals surface area (Å²) in [6, 6.07) is 0. The molecule has 4 rings (SSSR count). The molecule has 0 saturated heterocycles. The summed E-state index contributed by atoms with van der Waals surface area (Å²) >= 11 is 0. The van der Waals surface area contributed by atoms with E-state index in [4.69, 9.17) is 0 Å². The van der Waals surface area contributed by atoms with E-state index in [2.05, 4.69) is 13.8 Å². The zero-order chi connectivity index (χ0) is 29.7. The topological polar surface area (TPSA) is 0 Å². The van der Waals surface area contributed by atoms with Crippen LogP contribution in [0.15, 0.2) is 0 Å². The van der Waals surface area contributed by atoms with Crippen LogP contribution in [-0.2, 0) is 0 Å². The molecule has 0 aromatic rings. The molecule has 2 atom stereocenters. The van der Waals surface area contributed by atoms with Crippen molar-refractivity contribution in [1.29, 1.82) is 0 Å². The second-order valence-electron chi connectivity index (χ2n) is 13.6. The average molecular weight is 565 g/mol. The molecule has 0 amide bonds. The lowest BCUT2D eigenvalue weighted by Crippen LogP contribution is -2.37. The highest BCUT2D eigenvalue weighted by molar-refractivity contribution is 4.96. The molecule has 0 bridgehead atoms. The van der Waals surface area contributed by atoms with Crippen molar-refractivity contribution in [3.8, 4) is 0 Å². The lowest BCUT2D eigenvalue weighted by molar-refractivity contribution is -0.122. The van der Waals surface area contributed by atoms with Gasteiger partial charge in [0.1, 0.15) is 0 Å². The lowest BCUT2D eigenvalue weighted by atomic mass is 9.74. The van der Waals surface area contributed by atoms with Crippen LogP contribution in [0.4, 0.5) is 35.1 Å². The summed E-state index contributed by atoms with van der Waals surface area (Å²) in [5.74, 6) is -7.00. The van der Waals surface area contributed by atoms with Gasteiger partial charge in [0.2, 0.25) is 17.8 Å². The molecular weight excluding hydrogens is 512 g/mol. The van der Waals surface area contributed by atoms with Crippen LogP contribution in [0.1, 0.15) is 120 Å². The summed E-state index contributed by atoms with van der Waals surface area (Å²) in [7, 11) is 0. The SMILES string of the molecule is CC(C)C1CC(F)(F)C1.CC(C)C1CC1(F)F.CC(C)C1CCC(F)(F)C1.CC(C)C1CCC(F)(F)CC1. The van der Waals surface area contributed by atoms with Crippen LogP contribution in [-0.4, -0.2) is 23.7 Å². The number of hydrogen-bond donors (Lipinski definition) is 0. The van der Waals surface area contributed by atoms with Crippen LogP contribution in [0.25, 0.3) is 0 Å². The van der Waals surface area contributed by atoms with Gasteiger partial charge in [-0.1, -0.05) is 55.4 Å². The first-order valence-corrected chi connectivity index (χ1v) is 14.6. The molecule has 4 aliphatic rings. The van der Waals surface area contributed by atoms with Crippen LogP contribution in [0.2, 0.25) is 0 Å². The van der Waals surface area contributed by atoms with Gasteiger partial charge in [-0.2, -0.15) is 0 Å². The summed E-state index contributed by atoms with van der Waals surface area (Å²) in [6.07, 6.45) is 2.92. The Balaban J connectivity index is 0.000000255. The second kappa shape index (κ2) is 13.9. The molecule has 38 heavy (non-hydrogen) atoms. The van der Waals surface area contributed by atoms with Gasteiger partial charge in [0, 0.05) is 50.9 Å². The molecule has 2 unspecified atom stereocenters. The highest BCUT2D eigenvalue weighted by Crippen LogP contribution is 2.52. The van der Waals surface area contributed by atoms with Gasteiger partial charge < -0.3 is 0 Å². The quantitative estimate of drug-likeness (QED) is 0.298. The van der Waals surface area contributed by atoms with Crippen molar-refractivity contribution in [2.24, 2.45) is 47.3 Å². The number of alkyl halides is 8. The van der Waals surface area contributed by atoms with Gasteiger partial charge in [-0.05, 0) is 60.7 Å². The maximum absolute atomic E-state index is 12.6. The fourth-order valence-electron chi connectivity index (χ4n) is 5.42. The van der Waals surface area contributed by atoms with Crippen molar-refractivity contribution in [2.75, 3.05) is 0 Å². The molecule has 0 radical (unpaired) electrons. The first-order valence-electron chi connectivity index (χ1n) is 14.6. The van der Waals surface area contributed by atoms with Gasteiger partial charge in [-0.3, -0.25) is 0 Å². The van der Waals surface area contributed by atoms with Gasteiger partial charge >= 0.3 is 0 Å². The first kappa shape index (κ1) is 35.5. The van der Waals surface area contributed by atoms with E-state index >= 15 is 0 Å². The van der Waals surface area contributed by atoms with E-state index in [0.717, 1.165) is 0 Å². The second-order valence-corrected chi connectivity index (χ2v) is 13.6. The Bertz CT molecular complexity index is 666. The highest BCUT2D eigenvalue weighted by atomic mass is 19.3. The van der Waals surface area contributed by atoms with Crippen LogP contribution in [0.5, 0.6) is 0 Å². The summed E-state index contributed by atoms with van der Waals surface area (Å²) < 4.78 is 98.8. The van der Waals surface area contributed by atoms with Crippen molar-refractivity contribution >= 4 is 0 Å². The summed E-state index contributed by atoms with van der Waals surface area (Å²) in [6.45, 7) is 16.0. The van der Waals surface area contributed by atoms with E-state index in [1.807, 2.05) is 41.5 Å². The predicted molar refractivity (Wildman–Crippen MR) is 139 cm³/mol. The summed E-state index contributed by atoms with van der Waals surface area (Å²) in [5.41, 5.74) is 0. The monoisotopic (exact) mass is 564 g/mol. The van der Waals surface area contributed by atoms with Crippen LogP contribution in [0.3, 0.4) is 0 Å². The van der Waals surface area contributed by atoms with Gasteiger partial charge in [0.25, 0.3) is 5.92 Å². The fourth-order valence-corrected chi connectivity index (χ4v) is 5.42. The molecule has 0 nitrogen and oxygen atoms in total. The fraction of sp³-hybridized carbons (Fsp3) is 1.00. The minimum atomic E-state index is -2.36. The van der Waals surface area contributed by atoms with E-state index < -0.39 is 23.7 Å². The number of rotatable bonds is 4. The van der Waals surface area contributed by atoms with E-state index in [-0.39, 0.29) is 68.6 Å². The van der Waals surface area contributed by atoms with Crippen LogP contribution >= 0.6 is 0 Å². The average Bonchev–Trinajstić information content (AvgIpc) is 3.22. The highest BCUT2D eigenvalue weighted by Gasteiger charge is 2.57. The third-order valence-corrected chi connectivity index (χ3v) is 8.83. The first-order chi connectivity index (χ1) is 17.1. The Hall–Kier alpha value is -0.560. The predicted octanol–water partition coefficient (Wildman–Crippen LogP) is 11.5. The van der Waals surface area contributed by atoms with E-state index in [1.54, 1.807) is 0 Å². The Morgan fingerprint density at radius 3 is 0.947 bits per heavy atom. The van der Waals surface area contributed by atoms with Crippen molar-refractivity contribution < 1.29 is 35.1 Å². The Morgan fingerprint density at radius 1 is 0.421 bits per heavy atom.